The predicted octanol–water partition coefficient (Wildman–Crippen LogP) is 2.34. The quantitative estimate of drug-likeness (QED) is 0.592. The third kappa shape index (κ3) is 3.05. The van der Waals surface area contributed by atoms with Crippen molar-refractivity contribution < 1.29 is 4.74 Å². The molecular formula is C13H22N4OS. The molecule has 1 aliphatic carbocycles. The van der Waals surface area contributed by atoms with Gasteiger partial charge in [-0.05, 0) is 32.1 Å². The maximum absolute atomic E-state index is 5.11. The van der Waals surface area contributed by atoms with E-state index in [-0.39, 0.29) is 0 Å². The number of hydrogen-bond donors (Lipinski definition) is 0. The van der Waals surface area contributed by atoms with E-state index in [2.05, 4.69) is 19.7 Å². The fraction of sp³-hybridized carbons (Fsp3) is 0.846. The number of hydrogen-bond acceptors (Lipinski definition) is 5. The number of rotatable bonds is 6. The first-order chi connectivity index (χ1) is 9.40. The first-order valence-electron chi connectivity index (χ1n) is 7.21. The smallest absolute Gasteiger partial charge is 0.228 e. The second-order valence-corrected chi connectivity index (χ2v) is 6.33. The molecule has 1 saturated heterocycles. The number of nitrogens with zero attached hydrogens (tertiary/aromatic N) is 4. The topological polar surface area (TPSA) is 43.2 Å². The Morgan fingerprint density at radius 2 is 2.00 bits per heavy atom. The molecule has 3 rings (SSSR count). The Kier molecular flexibility index (Phi) is 4.28. The number of thioether (sulfide) groups is 1. The molecule has 1 saturated carbocycles. The van der Waals surface area contributed by atoms with E-state index in [1.54, 1.807) is 18.9 Å². The molecule has 0 atom stereocenters. The fourth-order valence-corrected chi connectivity index (χ4v) is 3.45. The van der Waals surface area contributed by atoms with Gasteiger partial charge in [-0.3, -0.25) is 4.57 Å². The van der Waals surface area contributed by atoms with Gasteiger partial charge in [0.05, 0.1) is 6.61 Å². The standard InChI is InChI=1S/C13H22N4OS/c1-18-9-10-19-13-15-14-12(17(13)11-5-6-11)16-7-3-2-4-8-16/h11H,2-10H2,1H3. The lowest BCUT2D eigenvalue weighted by Crippen LogP contribution is -2.31. The molecule has 2 fully saturated rings. The molecule has 0 unspecified atom stereocenters. The minimum absolute atomic E-state index is 0.636. The van der Waals surface area contributed by atoms with E-state index in [0.29, 0.717) is 6.04 Å². The Hall–Kier alpha value is -0.750. The van der Waals surface area contributed by atoms with Crippen molar-refractivity contribution in [3.63, 3.8) is 0 Å². The van der Waals surface area contributed by atoms with E-state index in [0.717, 1.165) is 36.6 Å². The van der Waals surface area contributed by atoms with E-state index < -0.39 is 0 Å². The monoisotopic (exact) mass is 282 g/mol. The molecule has 0 bridgehead atoms. The van der Waals surface area contributed by atoms with Gasteiger partial charge in [0.15, 0.2) is 5.16 Å². The van der Waals surface area contributed by atoms with Crippen LogP contribution in [0.1, 0.15) is 38.1 Å². The summed E-state index contributed by atoms with van der Waals surface area (Å²) >= 11 is 1.76. The molecule has 1 aliphatic heterocycles. The predicted molar refractivity (Wildman–Crippen MR) is 77.0 cm³/mol. The molecule has 0 amide bonds. The van der Waals surface area contributed by atoms with Gasteiger partial charge in [0.1, 0.15) is 0 Å². The van der Waals surface area contributed by atoms with E-state index in [1.807, 2.05) is 0 Å². The summed E-state index contributed by atoms with van der Waals surface area (Å²) in [5.74, 6) is 2.04. The lowest BCUT2D eigenvalue weighted by molar-refractivity contribution is 0.218. The van der Waals surface area contributed by atoms with Gasteiger partial charge in [-0.25, -0.2) is 0 Å². The van der Waals surface area contributed by atoms with Crippen molar-refractivity contribution in [1.29, 1.82) is 0 Å². The van der Waals surface area contributed by atoms with Gasteiger partial charge in [-0.15, -0.1) is 10.2 Å². The molecule has 6 heteroatoms. The van der Waals surface area contributed by atoms with Crippen molar-refractivity contribution in [3.05, 3.63) is 0 Å². The molecule has 1 aromatic heterocycles. The highest BCUT2D eigenvalue weighted by Gasteiger charge is 2.31. The van der Waals surface area contributed by atoms with Gasteiger partial charge in [0, 0.05) is 32.0 Å². The van der Waals surface area contributed by atoms with Gasteiger partial charge in [0.2, 0.25) is 5.95 Å². The summed E-state index contributed by atoms with van der Waals surface area (Å²) in [4.78, 5) is 2.41. The van der Waals surface area contributed by atoms with Crippen molar-refractivity contribution in [2.45, 2.75) is 43.3 Å². The fourth-order valence-electron chi connectivity index (χ4n) is 2.55. The van der Waals surface area contributed by atoms with Crippen molar-refractivity contribution in [1.82, 2.24) is 14.8 Å². The summed E-state index contributed by atoms with van der Waals surface area (Å²) in [6, 6.07) is 0.636. The van der Waals surface area contributed by atoms with E-state index >= 15 is 0 Å². The zero-order valence-electron chi connectivity index (χ0n) is 11.5. The molecule has 2 heterocycles. The third-order valence-electron chi connectivity index (χ3n) is 3.72. The number of anilines is 1. The van der Waals surface area contributed by atoms with E-state index in [9.17, 15) is 0 Å². The Morgan fingerprint density at radius 3 is 2.68 bits per heavy atom. The molecule has 19 heavy (non-hydrogen) atoms. The zero-order valence-corrected chi connectivity index (χ0v) is 12.4. The molecule has 2 aliphatic rings. The molecule has 106 valence electrons. The van der Waals surface area contributed by atoms with Gasteiger partial charge in [-0.2, -0.15) is 0 Å². The summed E-state index contributed by atoms with van der Waals surface area (Å²) in [7, 11) is 1.74. The Morgan fingerprint density at radius 1 is 1.21 bits per heavy atom. The van der Waals surface area contributed by atoms with Crippen LogP contribution in [0.5, 0.6) is 0 Å². The number of aromatic nitrogens is 3. The van der Waals surface area contributed by atoms with Crippen LogP contribution >= 0.6 is 11.8 Å². The van der Waals surface area contributed by atoms with Crippen LogP contribution in [-0.4, -0.2) is 47.3 Å². The molecule has 1 aromatic rings. The highest BCUT2D eigenvalue weighted by atomic mass is 32.2. The van der Waals surface area contributed by atoms with Gasteiger partial charge >= 0.3 is 0 Å². The highest BCUT2D eigenvalue weighted by molar-refractivity contribution is 7.99. The third-order valence-corrected chi connectivity index (χ3v) is 4.62. The van der Waals surface area contributed by atoms with Crippen LogP contribution in [0.25, 0.3) is 0 Å². The maximum atomic E-state index is 5.11. The Balaban J connectivity index is 1.75. The van der Waals surface area contributed by atoms with E-state index in [4.69, 9.17) is 4.74 Å². The van der Waals surface area contributed by atoms with Crippen LogP contribution in [0, 0.1) is 0 Å². The Labute approximate surface area is 118 Å². The van der Waals surface area contributed by atoms with Crippen LogP contribution < -0.4 is 4.90 Å². The average Bonchev–Trinajstić information content (AvgIpc) is 3.21. The van der Waals surface area contributed by atoms with Crippen LogP contribution in [0.2, 0.25) is 0 Å². The van der Waals surface area contributed by atoms with Gasteiger partial charge in [0.25, 0.3) is 0 Å². The summed E-state index contributed by atoms with van der Waals surface area (Å²) < 4.78 is 7.48. The molecule has 0 aromatic carbocycles. The van der Waals surface area contributed by atoms with Crippen LogP contribution in [0.3, 0.4) is 0 Å². The zero-order chi connectivity index (χ0) is 13.1. The summed E-state index contributed by atoms with van der Waals surface area (Å²) in [6.07, 6.45) is 6.46. The molecule has 0 spiro atoms. The van der Waals surface area contributed by atoms with Crippen LogP contribution in [0.15, 0.2) is 5.16 Å². The molecule has 0 N–H and O–H groups in total. The summed E-state index contributed by atoms with van der Waals surface area (Å²) in [5.41, 5.74) is 0. The SMILES string of the molecule is COCCSc1nnc(N2CCCCC2)n1C1CC1. The highest BCUT2D eigenvalue weighted by Crippen LogP contribution is 2.41. The number of piperidine rings is 1. The molecule has 0 radical (unpaired) electrons. The van der Waals surface area contributed by atoms with Crippen molar-refractivity contribution in [3.8, 4) is 0 Å². The molecular weight excluding hydrogens is 260 g/mol. The minimum Gasteiger partial charge on any atom is -0.384 e. The number of ether oxygens (including phenoxy) is 1. The lowest BCUT2D eigenvalue weighted by Gasteiger charge is -2.27. The van der Waals surface area contributed by atoms with Crippen molar-refractivity contribution in [2.75, 3.05) is 37.5 Å². The summed E-state index contributed by atoms with van der Waals surface area (Å²) in [5, 5.41) is 9.93. The number of methoxy groups -OCH3 is 1. The van der Waals surface area contributed by atoms with Crippen LogP contribution in [-0.2, 0) is 4.74 Å². The second-order valence-electron chi connectivity index (χ2n) is 5.27. The molecule has 5 nitrogen and oxygen atoms in total. The Bertz CT molecular complexity index is 413. The first kappa shape index (κ1) is 13.2. The normalized spacial score (nSPS) is 19.9. The van der Waals surface area contributed by atoms with Gasteiger partial charge in [-0.1, -0.05) is 11.8 Å². The largest absolute Gasteiger partial charge is 0.384 e. The summed E-state index contributed by atoms with van der Waals surface area (Å²) in [6.45, 7) is 3.03. The van der Waals surface area contributed by atoms with Crippen LogP contribution in [0.4, 0.5) is 5.95 Å². The average molecular weight is 282 g/mol. The van der Waals surface area contributed by atoms with E-state index in [1.165, 1.54) is 32.1 Å². The lowest BCUT2D eigenvalue weighted by atomic mass is 10.1. The first-order valence-corrected chi connectivity index (χ1v) is 8.20. The van der Waals surface area contributed by atoms with Gasteiger partial charge < -0.3 is 9.64 Å². The minimum atomic E-state index is 0.636. The van der Waals surface area contributed by atoms with Crippen molar-refractivity contribution in [2.24, 2.45) is 0 Å². The maximum Gasteiger partial charge on any atom is 0.228 e. The van der Waals surface area contributed by atoms with Crippen molar-refractivity contribution >= 4 is 17.7 Å². The second kappa shape index (κ2) is 6.13.